The van der Waals surface area contributed by atoms with Crippen LogP contribution in [0.3, 0.4) is 0 Å². The van der Waals surface area contributed by atoms with Gasteiger partial charge in [0.15, 0.2) is 0 Å². The highest BCUT2D eigenvalue weighted by molar-refractivity contribution is 5.68. The third-order valence-electron chi connectivity index (χ3n) is 7.25. The summed E-state index contributed by atoms with van der Waals surface area (Å²) in [7, 11) is 0. The van der Waals surface area contributed by atoms with Crippen LogP contribution in [0.2, 0.25) is 0 Å². The number of nitrogens with zero attached hydrogens (tertiary/aromatic N) is 1. The van der Waals surface area contributed by atoms with Gasteiger partial charge < -0.3 is 43.2 Å². The Balaban J connectivity index is 1.85. The molecule has 0 bridgehead atoms. The lowest BCUT2D eigenvalue weighted by molar-refractivity contribution is 0.122. The summed E-state index contributed by atoms with van der Waals surface area (Å²) in [6.07, 6.45) is 5.70. The fourth-order valence-corrected chi connectivity index (χ4v) is 5.19. The van der Waals surface area contributed by atoms with Crippen LogP contribution in [0.1, 0.15) is 36.8 Å². The number of rotatable bonds is 18. The Morgan fingerprint density at radius 3 is 1.68 bits per heavy atom. The predicted molar refractivity (Wildman–Crippen MR) is 161 cm³/mol. The number of morpholine rings is 1. The first-order valence-corrected chi connectivity index (χ1v) is 14.5. The molecule has 2 unspecified atom stereocenters. The number of ether oxygens (including phenoxy) is 1. The average molecular weight is 526 g/mol. The summed E-state index contributed by atoms with van der Waals surface area (Å²) in [4.78, 5) is 2.39. The number of nitrogens with one attached hydrogen (secondary N) is 2. The van der Waals surface area contributed by atoms with Gasteiger partial charge in [0.2, 0.25) is 0 Å². The van der Waals surface area contributed by atoms with Crippen molar-refractivity contribution in [2.45, 2.75) is 50.6 Å². The van der Waals surface area contributed by atoms with Crippen molar-refractivity contribution in [2.75, 3.05) is 70.5 Å². The fraction of sp³-hybridized carbons (Fsp3) is 0.600. The summed E-state index contributed by atoms with van der Waals surface area (Å²) in [6, 6.07) is 16.7. The topological polar surface area (TPSA) is 141 Å². The van der Waals surface area contributed by atoms with Crippen LogP contribution in [0.25, 0.3) is 11.1 Å². The van der Waals surface area contributed by atoms with Crippen LogP contribution in [0.4, 0.5) is 5.69 Å². The van der Waals surface area contributed by atoms with Gasteiger partial charge in [-0.15, -0.1) is 0 Å². The summed E-state index contributed by atoms with van der Waals surface area (Å²) in [5.74, 6) is 0. The average Bonchev–Trinajstić information content (AvgIpc) is 2.94. The van der Waals surface area contributed by atoms with Crippen molar-refractivity contribution in [1.82, 2.24) is 10.6 Å². The fourth-order valence-electron chi connectivity index (χ4n) is 5.19. The van der Waals surface area contributed by atoms with Gasteiger partial charge in [-0.25, -0.2) is 0 Å². The van der Waals surface area contributed by atoms with Crippen molar-refractivity contribution in [2.24, 2.45) is 22.9 Å². The molecule has 2 atom stereocenters. The van der Waals surface area contributed by atoms with E-state index in [9.17, 15) is 0 Å². The smallest absolute Gasteiger partial charge is 0.0642 e. The maximum absolute atomic E-state index is 5.97. The summed E-state index contributed by atoms with van der Waals surface area (Å²) in [5, 5.41) is 7.34. The molecule has 0 aromatic heterocycles. The van der Waals surface area contributed by atoms with Gasteiger partial charge in [-0.05, 0) is 112 Å². The Hall–Kier alpha value is -2.04. The standard InChI is InChI=1S/C30H51N7O/c31-9-1-13-35-28(7-11-33)22-24-19-25(23-29(8-12-34)36-14-2-10-32)21-27(20-24)26-3-5-30(6-4-26)37-15-17-38-18-16-37/h3-6,19-21,28-29,35-36H,1-2,7-18,22-23,31-34H2. The number of anilines is 1. The second kappa shape index (κ2) is 17.5. The molecule has 2 aromatic carbocycles. The Morgan fingerprint density at radius 1 is 0.684 bits per heavy atom. The minimum absolute atomic E-state index is 0.334. The molecule has 8 nitrogen and oxygen atoms in total. The quantitative estimate of drug-likeness (QED) is 0.161. The molecule has 0 aliphatic carbocycles. The largest absolute Gasteiger partial charge is 0.378 e. The zero-order chi connectivity index (χ0) is 27.0. The molecule has 0 spiro atoms. The van der Waals surface area contributed by atoms with E-state index in [0.29, 0.717) is 38.3 Å². The number of hydrogen-bond donors (Lipinski definition) is 6. The van der Waals surface area contributed by atoms with Gasteiger partial charge in [0.25, 0.3) is 0 Å². The van der Waals surface area contributed by atoms with Crippen LogP contribution in [-0.4, -0.2) is 77.7 Å². The van der Waals surface area contributed by atoms with Crippen molar-refractivity contribution < 1.29 is 4.74 Å². The zero-order valence-electron chi connectivity index (χ0n) is 23.2. The molecule has 1 heterocycles. The number of hydrogen-bond acceptors (Lipinski definition) is 8. The first kappa shape index (κ1) is 30.5. The Kier molecular flexibility index (Phi) is 14.1. The summed E-state index contributed by atoms with van der Waals surface area (Å²) >= 11 is 0. The van der Waals surface area contributed by atoms with Crippen molar-refractivity contribution in [3.63, 3.8) is 0 Å². The minimum Gasteiger partial charge on any atom is -0.378 e. The predicted octanol–water partition coefficient (Wildman–Crippen LogP) is 1.59. The molecule has 3 rings (SSSR count). The lowest BCUT2D eigenvalue weighted by Crippen LogP contribution is -2.36. The van der Waals surface area contributed by atoms with E-state index >= 15 is 0 Å². The molecule has 1 fully saturated rings. The second-order valence-electron chi connectivity index (χ2n) is 10.3. The van der Waals surface area contributed by atoms with Crippen molar-refractivity contribution in [3.8, 4) is 11.1 Å². The van der Waals surface area contributed by atoms with E-state index in [2.05, 4.69) is 58.0 Å². The normalized spacial score (nSPS) is 15.5. The molecular weight excluding hydrogens is 474 g/mol. The summed E-state index contributed by atoms with van der Waals surface area (Å²) in [5.41, 5.74) is 29.8. The second-order valence-corrected chi connectivity index (χ2v) is 10.3. The molecule has 38 heavy (non-hydrogen) atoms. The molecule has 8 heteroatoms. The van der Waals surface area contributed by atoms with E-state index in [-0.39, 0.29) is 0 Å². The van der Waals surface area contributed by atoms with Gasteiger partial charge in [0, 0.05) is 30.9 Å². The SMILES string of the molecule is NCCCNC(CCN)Cc1cc(CC(CCN)NCCCN)cc(-c2ccc(N3CCOCC3)cc2)c1. The Bertz CT molecular complexity index is 862. The van der Waals surface area contributed by atoms with E-state index in [1.807, 2.05) is 0 Å². The van der Waals surface area contributed by atoms with Gasteiger partial charge in [0.1, 0.15) is 0 Å². The number of benzene rings is 2. The molecule has 2 aromatic rings. The molecule has 0 radical (unpaired) electrons. The van der Waals surface area contributed by atoms with Crippen LogP contribution in [0, 0.1) is 0 Å². The van der Waals surface area contributed by atoms with E-state index in [4.69, 9.17) is 27.7 Å². The van der Waals surface area contributed by atoms with Crippen LogP contribution in [-0.2, 0) is 17.6 Å². The highest BCUT2D eigenvalue weighted by Gasteiger charge is 2.15. The first-order valence-electron chi connectivity index (χ1n) is 14.5. The maximum Gasteiger partial charge on any atom is 0.0642 e. The van der Waals surface area contributed by atoms with Gasteiger partial charge in [-0.2, -0.15) is 0 Å². The Morgan fingerprint density at radius 2 is 1.21 bits per heavy atom. The van der Waals surface area contributed by atoms with Crippen LogP contribution in [0.5, 0.6) is 0 Å². The van der Waals surface area contributed by atoms with E-state index < -0.39 is 0 Å². The van der Waals surface area contributed by atoms with Crippen molar-refractivity contribution in [3.05, 3.63) is 53.6 Å². The molecule has 0 saturated carbocycles. The van der Waals surface area contributed by atoms with Crippen LogP contribution < -0.4 is 38.5 Å². The van der Waals surface area contributed by atoms with Gasteiger partial charge in [0.05, 0.1) is 13.2 Å². The Labute approximate surface area is 229 Å². The number of nitrogens with two attached hydrogens (primary N) is 4. The zero-order valence-corrected chi connectivity index (χ0v) is 23.2. The van der Waals surface area contributed by atoms with Crippen LogP contribution >= 0.6 is 0 Å². The molecular formula is C30H51N7O. The van der Waals surface area contributed by atoms with E-state index in [0.717, 1.165) is 77.9 Å². The van der Waals surface area contributed by atoms with Gasteiger partial charge in [-0.3, -0.25) is 0 Å². The summed E-state index contributed by atoms with van der Waals surface area (Å²) < 4.78 is 5.52. The third-order valence-corrected chi connectivity index (χ3v) is 7.25. The highest BCUT2D eigenvalue weighted by Crippen LogP contribution is 2.27. The van der Waals surface area contributed by atoms with E-state index in [1.165, 1.54) is 27.9 Å². The highest BCUT2D eigenvalue weighted by atomic mass is 16.5. The molecule has 1 aliphatic rings. The maximum atomic E-state index is 5.97. The molecule has 212 valence electrons. The van der Waals surface area contributed by atoms with Gasteiger partial charge in [-0.1, -0.05) is 30.3 Å². The molecule has 0 amide bonds. The first-order chi connectivity index (χ1) is 18.7. The van der Waals surface area contributed by atoms with Crippen molar-refractivity contribution in [1.29, 1.82) is 0 Å². The van der Waals surface area contributed by atoms with E-state index in [1.54, 1.807) is 0 Å². The lowest BCUT2D eigenvalue weighted by atomic mass is 9.92. The summed E-state index contributed by atoms with van der Waals surface area (Å²) in [6.45, 7) is 8.03. The molecule has 1 saturated heterocycles. The van der Waals surface area contributed by atoms with Crippen LogP contribution in [0.15, 0.2) is 42.5 Å². The molecule has 1 aliphatic heterocycles. The minimum atomic E-state index is 0.334. The molecule has 10 N–H and O–H groups in total. The lowest BCUT2D eigenvalue weighted by Gasteiger charge is -2.29. The third kappa shape index (κ3) is 10.3. The van der Waals surface area contributed by atoms with Gasteiger partial charge >= 0.3 is 0 Å². The monoisotopic (exact) mass is 525 g/mol. The van der Waals surface area contributed by atoms with Crippen molar-refractivity contribution >= 4 is 5.69 Å².